The number of sulfonamides is 1. The Morgan fingerprint density at radius 1 is 1.24 bits per heavy atom. The minimum Gasteiger partial charge on any atom is -0.399 e. The molecule has 3 N–H and O–H groups in total. The van der Waals surface area contributed by atoms with Crippen molar-refractivity contribution in [2.45, 2.75) is 36.3 Å². The van der Waals surface area contributed by atoms with Crippen molar-refractivity contribution in [3.05, 3.63) is 21.1 Å². The zero-order valence-corrected chi connectivity index (χ0v) is 17.0. The fourth-order valence-corrected chi connectivity index (χ4v) is 6.62. The molecule has 0 spiro atoms. The van der Waals surface area contributed by atoms with Gasteiger partial charge in [0.2, 0.25) is 10.0 Å². The van der Waals surface area contributed by atoms with Gasteiger partial charge >= 0.3 is 0 Å². The largest absolute Gasteiger partial charge is 0.399 e. The molecule has 4 nitrogen and oxygen atoms in total. The number of anilines is 1. The first kappa shape index (κ1) is 19.3. The molecule has 0 aliphatic carbocycles. The summed E-state index contributed by atoms with van der Waals surface area (Å²) >= 11 is 8.24. The number of nitrogens with two attached hydrogens (primary N) is 1. The molecule has 8 heteroatoms. The van der Waals surface area contributed by atoms with Crippen LogP contribution in [0.5, 0.6) is 0 Å². The van der Waals surface area contributed by atoms with Gasteiger partial charge in [0.05, 0.1) is 0 Å². The predicted octanol–water partition coefficient (Wildman–Crippen LogP) is 3.99. The van der Waals surface area contributed by atoms with E-state index in [2.05, 4.69) is 50.4 Å². The van der Waals surface area contributed by atoms with E-state index >= 15 is 0 Å². The van der Waals surface area contributed by atoms with Crippen LogP contribution < -0.4 is 10.5 Å². The van der Waals surface area contributed by atoms with Gasteiger partial charge in [-0.15, -0.1) is 0 Å². The van der Waals surface area contributed by atoms with Gasteiger partial charge in [-0.1, -0.05) is 13.8 Å². The normalized spacial score (nSPS) is 12.6. The molecule has 0 bridgehead atoms. The van der Waals surface area contributed by atoms with Crippen LogP contribution in [0.3, 0.4) is 0 Å². The van der Waals surface area contributed by atoms with Gasteiger partial charge in [-0.05, 0) is 63.1 Å². The van der Waals surface area contributed by atoms with Crippen molar-refractivity contribution >= 4 is 59.3 Å². The zero-order chi connectivity index (χ0) is 16.3. The second-order valence-electron chi connectivity index (χ2n) is 4.73. The molecule has 0 heterocycles. The second kappa shape index (κ2) is 7.68. The van der Waals surface area contributed by atoms with Crippen LogP contribution in [0.25, 0.3) is 0 Å². The van der Waals surface area contributed by atoms with Crippen molar-refractivity contribution in [1.29, 1.82) is 0 Å². The molecule has 0 atom stereocenters. The second-order valence-corrected chi connectivity index (χ2v) is 9.42. The number of hydrogen-bond acceptors (Lipinski definition) is 4. The molecule has 0 unspecified atom stereocenters. The van der Waals surface area contributed by atoms with Crippen molar-refractivity contribution < 1.29 is 8.42 Å². The van der Waals surface area contributed by atoms with Crippen LogP contribution in [0.2, 0.25) is 0 Å². The van der Waals surface area contributed by atoms with E-state index in [9.17, 15) is 8.42 Å². The number of rotatable bonds is 7. The minimum absolute atomic E-state index is 0.0835. The summed E-state index contributed by atoms with van der Waals surface area (Å²) in [6.07, 6.45) is 3.81. The van der Waals surface area contributed by atoms with E-state index in [1.165, 1.54) is 0 Å². The van der Waals surface area contributed by atoms with Crippen LogP contribution >= 0.6 is 43.6 Å². The van der Waals surface area contributed by atoms with Crippen molar-refractivity contribution in [3.63, 3.8) is 0 Å². The Bertz CT molecular complexity index is 571. The average molecular weight is 460 g/mol. The van der Waals surface area contributed by atoms with Crippen molar-refractivity contribution in [3.8, 4) is 0 Å². The molecule has 0 fully saturated rings. The Balaban J connectivity index is 3.09. The maximum absolute atomic E-state index is 12.6. The summed E-state index contributed by atoms with van der Waals surface area (Å²) in [6.45, 7) is 4.54. The summed E-state index contributed by atoms with van der Waals surface area (Å²) < 4.78 is 28.7. The quantitative estimate of drug-likeness (QED) is 0.604. The summed E-state index contributed by atoms with van der Waals surface area (Å²) in [6, 6.07) is 3.17. The Morgan fingerprint density at radius 3 is 2.10 bits per heavy atom. The van der Waals surface area contributed by atoms with Crippen LogP contribution in [-0.4, -0.2) is 26.0 Å². The maximum Gasteiger partial charge on any atom is 0.242 e. The lowest BCUT2D eigenvalue weighted by Gasteiger charge is -2.29. The van der Waals surface area contributed by atoms with E-state index in [4.69, 9.17) is 5.73 Å². The summed E-state index contributed by atoms with van der Waals surface area (Å²) in [5, 5.41) is 0. The highest BCUT2D eigenvalue weighted by atomic mass is 79.9. The Kier molecular flexibility index (Phi) is 7.05. The highest BCUT2D eigenvalue weighted by molar-refractivity contribution is 9.11. The van der Waals surface area contributed by atoms with Gasteiger partial charge in [0.1, 0.15) is 4.90 Å². The number of halogens is 2. The molecular formula is C13H20Br2N2O2S2. The molecule has 0 amide bonds. The van der Waals surface area contributed by atoms with Gasteiger partial charge in [0.15, 0.2) is 0 Å². The van der Waals surface area contributed by atoms with Crippen molar-refractivity contribution in [2.75, 3.05) is 18.5 Å². The highest BCUT2D eigenvalue weighted by Gasteiger charge is 2.29. The predicted molar refractivity (Wildman–Crippen MR) is 98.3 cm³/mol. The molecule has 0 saturated carbocycles. The van der Waals surface area contributed by atoms with Crippen LogP contribution in [-0.2, 0) is 10.0 Å². The van der Waals surface area contributed by atoms with Crippen LogP contribution in [0.15, 0.2) is 26.0 Å². The molecule has 0 aliphatic rings. The number of thioether (sulfide) groups is 1. The summed E-state index contributed by atoms with van der Waals surface area (Å²) in [5.74, 6) is 0. The topological polar surface area (TPSA) is 72.2 Å². The van der Waals surface area contributed by atoms with E-state index in [-0.39, 0.29) is 9.64 Å². The third-order valence-electron chi connectivity index (χ3n) is 3.60. The molecular weight excluding hydrogens is 440 g/mol. The molecule has 21 heavy (non-hydrogen) atoms. The maximum atomic E-state index is 12.6. The highest BCUT2D eigenvalue weighted by Crippen LogP contribution is 2.34. The minimum atomic E-state index is -3.61. The van der Waals surface area contributed by atoms with Gasteiger partial charge in [-0.25, -0.2) is 13.1 Å². The first-order valence-corrected chi connectivity index (χ1v) is 10.8. The van der Waals surface area contributed by atoms with Gasteiger partial charge in [0, 0.05) is 25.9 Å². The molecule has 1 aromatic carbocycles. The first-order chi connectivity index (χ1) is 9.71. The Morgan fingerprint density at radius 2 is 1.71 bits per heavy atom. The number of nitrogens with one attached hydrogen (secondary N) is 1. The third-order valence-corrected chi connectivity index (χ3v) is 8.46. The standard InChI is InChI=1S/C13H20Br2N2O2S2/c1-4-13(5-2,20-3)8-17-21(18,19)12-10(14)6-9(16)7-11(12)15/h6-7,17H,4-5,8,16H2,1-3H3. The van der Waals surface area contributed by atoms with Crippen LogP contribution in [0, 0.1) is 0 Å². The summed E-state index contributed by atoms with van der Waals surface area (Å²) in [4.78, 5) is 0.180. The van der Waals surface area contributed by atoms with Crippen LogP contribution in [0.4, 0.5) is 5.69 Å². The average Bonchev–Trinajstić information content (AvgIpc) is 2.39. The van der Waals surface area contributed by atoms with Gasteiger partial charge in [0.25, 0.3) is 0 Å². The first-order valence-electron chi connectivity index (χ1n) is 6.50. The lowest BCUT2D eigenvalue weighted by molar-refractivity contribution is 0.521. The van der Waals surface area contributed by atoms with E-state index in [1.54, 1.807) is 23.9 Å². The summed E-state index contributed by atoms with van der Waals surface area (Å²) in [5.41, 5.74) is 6.19. The van der Waals surface area contributed by atoms with E-state index < -0.39 is 10.0 Å². The zero-order valence-electron chi connectivity index (χ0n) is 12.2. The lowest BCUT2D eigenvalue weighted by atomic mass is 10.0. The fraction of sp³-hybridized carbons (Fsp3) is 0.538. The Labute approximate surface area is 147 Å². The van der Waals surface area contributed by atoms with Gasteiger partial charge in [-0.2, -0.15) is 11.8 Å². The van der Waals surface area contributed by atoms with Crippen molar-refractivity contribution in [2.24, 2.45) is 0 Å². The molecule has 0 aliphatic heterocycles. The number of benzene rings is 1. The monoisotopic (exact) mass is 458 g/mol. The van der Waals surface area contributed by atoms with Gasteiger partial charge < -0.3 is 5.73 Å². The smallest absolute Gasteiger partial charge is 0.242 e. The fourth-order valence-electron chi connectivity index (χ4n) is 2.00. The molecule has 0 aromatic heterocycles. The van der Waals surface area contributed by atoms with Gasteiger partial charge in [-0.3, -0.25) is 0 Å². The summed E-state index contributed by atoms with van der Waals surface area (Å²) in [7, 11) is -3.61. The molecule has 120 valence electrons. The van der Waals surface area contributed by atoms with E-state index in [0.717, 1.165) is 12.8 Å². The molecule has 1 rings (SSSR count). The molecule has 0 radical (unpaired) electrons. The third kappa shape index (κ3) is 4.60. The molecule has 1 aromatic rings. The lowest BCUT2D eigenvalue weighted by Crippen LogP contribution is -2.39. The Hall–Kier alpha value is 0.240. The number of nitrogen functional groups attached to an aromatic ring is 1. The molecule has 0 saturated heterocycles. The number of hydrogen-bond donors (Lipinski definition) is 2. The SMILES string of the molecule is CCC(CC)(CNS(=O)(=O)c1c(Br)cc(N)cc1Br)SC. The van der Waals surface area contributed by atoms with E-state index in [0.29, 0.717) is 21.2 Å². The van der Waals surface area contributed by atoms with E-state index in [1.807, 2.05) is 6.26 Å². The van der Waals surface area contributed by atoms with Crippen LogP contribution in [0.1, 0.15) is 26.7 Å². The van der Waals surface area contributed by atoms with Crippen molar-refractivity contribution in [1.82, 2.24) is 4.72 Å².